The molecule has 0 spiro atoms. The van der Waals surface area contributed by atoms with E-state index in [9.17, 15) is 14.4 Å². The lowest BCUT2D eigenvalue weighted by Crippen LogP contribution is -2.46. The van der Waals surface area contributed by atoms with Gasteiger partial charge in [-0.15, -0.1) is 0 Å². The second kappa shape index (κ2) is 4.27. The fourth-order valence-electron chi connectivity index (χ4n) is 0.751. The average molecular weight is 203 g/mol. The van der Waals surface area contributed by atoms with E-state index in [2.05, 4.69) is 10.1 Å². The molecule has 0 aromatic rings. The van der Waals surface area contributed by atoms with Crippen molar-refractivity contribution in [3.63, 3.8) is 0 Å². The van der Waals surface area contributed by atoms with Gasteiger partial charge in [0.1, 0.15) is 0 Å². The van der Waals surface area contributed by atoms with Crippen molar-refractivity contribution in [2.45, 2.75) is 18.7 Å². The van der Waals surface area contributed by atoms with Crippen molar-refractivity contribution >= 4 is 28.8 Å². The average Bonchev–Trinajstić information content (AvgIpc) is 1.98. The summed E-state index contributed by atoms with van der Waals surface area (Å²) >= 11 is 0.984. The van der Waals surface area contributed by atoms with Gasteiger partial charge in [0.25, 0.3) is 0 Å². The van der Waals surface area contributed by atoms with Crippen molar-refractivity contribution in [2.75, 3.05) is 6.61 Å². The quantitative estimate of drug-likeness (QED) is 0.501. The highest BCUT2D eigenvalue weighted by Gasteiger charge is 2.28. The van der Waals surface area contributed by atoms with E-state index < -0.39 is 5.97 Å². The van der Waals surface area contributed by atoms with Crippen LogP contribution in [0.4, 0.5) is 0 Å². The maximum absolute atomic E-state index is 11.0. The topological polar surface area (TPSA) is 72.5 Å². The molecule has 13 heavy (non-hydrogen) atoms. The van der Waals surface area contributed by atoms with Gasteiger partial charge < -0.3 is 10.1 Å². The zero-order chi connectivity index (χ0) is 9.84. The third-order valence-electron chi connectivity index (χ3n) is 1.36. The second-order valence-corrected chi connectivity index (χ2v) is 3.79. The van der Waals surface area contributed by atoms with Gasteiger partial charge in [0.15, 0.2) is 6.61 Å². The Morgan fingerprint density at radius 1 is 1.69 bits per heavy atom. The van der Waals surface area contributed by atoms with Crippen LogP contribution in [0.25, 0.3) is 0 Å². The molecule has 5 nitrogen and oxygen atoms in total. The number of ether oxygens (including phenoxy) is 1. The summed E-state index contributed by atoms with van der Waals surface area (Å²) in [7, 11) is 0. The normalized spacial score (nSPS) is 20.1. The molecule has 0 aromatic heterocycles. The zero-order valence-electron chi connectivity index (χ0n) is 7.03. The van der Waals surface area contributed by atoms with Crippen molar-refractivity contribution in [1.29, 1.82) is 0 Å². The molecule has 1 atom stereocenters. The highest BCUT2D eigenvalue weighted by atomic mass is 32.2. The van der Waals surface area contributed by atoms with Gasteiger partial charge in [0.05, 0.1) is 11.8 Å². The summed E-state index contributed by atoms with van der Waals surface area (Å²) in [6.45, 7) is 1.01. The van der Waals surface area contributed by atoms with E-state index in [1.165, 1.54) is 6.92 Å². The number of carbonyl (C=O) groups excluding carboxylic acids is 3. The number of β-lactam (4-membered cyclic amide) rings is 1. The number of rotatable bonds is 3. The Hall–Kier alpha value is -1.04. The lowest BCUT2D eigenvalue weighted by molar-refractivity contribution is -0.143. The van der Waals surface area contributed by atoms with Crippen LogP contribution in [0.15, 0.2) is 0 Å². The van der Waals surface area contributed by atoms with Gasteiger partial charge in [0, 0.05) is 6.92 Å². The number of carbonyl (C=O) groups is 3. The molecule has 1 saturated heterocycles. The number of hydrogen-bond acceptors (Lipinski definition) is 5. The van der Waals surface area contributed by atoms with Gasteiger partial charge in [-0.05, 0) is 0 Å². The summed E-state index contributed by atoms with van der Waals surface area (Å²) < 4.78 is 4.48. The van der Waals surface area contributed by atoms with Crippen LogP contribution in [-0.2, 0) is 19.1 Å². The SMILES string of the molecule is CC(=O)OCC(=O)SC1CC(=O)N1. The Morgan fingerprint density at radius 2 is 2.31 bits per heavy atom. The lowest BCUT2D eigenvalue weighted by atomic mass is 10.3. The van der Waals surface area contributed by atoms with Crippen molar-refractivity contribution in [3.8, 4) is 0 Å². The molecule has 0 radical (unpaired) electrons. The lowest BCUT2D eigenvalue weighted by Gasteiger charge is -2.24. The molecule has 0 bridgehead atoms. The predicted molar refractivity (Wildman–Crippen MR) is 45.8 cm³/mol. The van der Waals surface area contributed by atoms with Gasteiger partial charge in [0.2, 0.25) is 11.0 Å². The molecule has 1 N–H and O–H groups in total. The van der Waals surface area contributed by atoms with Crippen molar-refractivity contribution < 1.29 is 19.1 Å². The minimum atomic E-state index is -0.480. The van der Waals surface area contributed by atoms with Crippen LogP contribution in [0.1, 0.15) is 13.3 Å². The molecule has 72 valence electrons. The summed E-state index contributed by atoms with van der Waals surface area (Å²) in [6, 6.07) is 0. The summed E-state index contributed by atoms with van der Waals surface area (Å²) in [5.74, 6) is -0.538. The molecular weight excluding hydrogens is 194 g/mol. The molecular formula is C7H9NO4S. The van der Waals surface area contributed by atoms with Crippen LogP contribution in [0.2, 0.25) is 0 Å². The van der Waals surface area contributed by atoms with Gasteiger partial charge in [-0.25, -0.2) is 0 Å². The largest absolute Gasteiger partial charge is 0.457 e. The van der Waals surface area contributed by atoms with Crippen molar-refractivity contribution in [2.24, 2.45) is 0 Å². The Morgan fingerprint density at radius 3 is 2.77 bits per heavy atom. The fraction of sp³-hybridized carbons (Fsp3) is 0.571. The second-order valence-electron chi connectivity index (χ2n) is 2.53. The first kappa shape index (κ1) is 10.0. The summed E-state index contributed by atoms with van der Waals surface area (Å²) in [6.07, 6.45) is 0.358. The minimum Gasteiger partial charge on any atom is -0.457 e. The number of thioether (sulfide) groups is 1. The number of nitrogens with one attached hydrogen (secondary N) is 1. The molecule has 0 saturated carbocycles. The molecule has 1 aliphatic rings. The van der Waals surface area contributed by atoms with E-state index in [1.54, 1.807) is 0 Å². The van der Waals surface area contributed by atoms with Crippen molar-refractivity contribution in [1.82, 2.24) is 5.32 Å². The van der Waals surface area contributed by atoms with Crippen LogP contribution in [0.3, 0.4) is 0 Å². The molecule has 1 aliphatic heterocycles. The van der Waals surface area contributed by atoms with E-state index in [4.69, 9.17) is 0 Å². The van der Waals surface area contributed by atoms with Gasteiger partial charge in [-0.3, -0.25) is 14.4 Å². The van der Waals surface area contributed by atoms with Crippen LogP contribution >= 0.6 is 11.8 Å². The number of hydrogen-bond donors (Lipinski definition) is 1. The van der Waals surface area contributed by atoms with E-state index in [-0.39, 0.29) is 23.0 Å². The van der Waals surface area contributed by atoms with Crippen molar-refractivity contribution in [3.05, 3.63) is 0 Å². The highest BCUT2D eigenvalue weighted by Crippen LogP contribution is 2.19. The van der Waals surface area contributed by atoms with E-state index in [0.717, 1.165) is 11.8 Å². The summed E-state index contributed by atoms with van der Waals surface area (Å²) in [5.41, 5.74) is 0. The van der Waals surface area contributed by atoms with Crippen LogP contribution in [-0.4, -0.2) is 29.0 Å². The third kappa shape index (κ3) is 3.45. The first-order chi connectivity index (χ1) is 6.08. The fourth-order valence-corrected chi connectivity index (χ4v) is 1.62. The molecule has 0 aliphatic carbocycles. The molecule has 1 heterocycles. The van der Waals surface area contributed by atoms with Gasteiger partial charge in [-0.1, -0.05) is 11.8 Å². The number of amides is 1. The zero-order valence-corrected chi connectivity index (χ0v) is 7.85. The number of esters is 1. The van der Waals surface area contributed by atoms with Crippen LogP contribution in [0.5, 0.6) is 0 Å². The maximum Gasteiger partial charge on any atom is 0.303 e. The molecule has 1 fully saturated rings. The van der Waals surface area contributed by atoms with Crippen LogP contribution in [0, 0.1) is 0 Å². The standard InChI is InChI=1S/C7H9NO4S/c1-4(9)12-3-7(11)13-6-2-5(10)8-6/h6H,2-3H2,1H3,(H,8,10). The summed E-state index contributed by atoms with van der Waals surface area (Å²) in [4.78, 5) is 31.7. The Bertz CT molecular complexity index is 245. The highest BCUT2D eigenvalue weighted by molar-refractivity contribution is 8.14. The minimum absolute atomic E-state index is 0.0576. The molecule has 6 heteroatoms. The van der Waals surface area contributed by atoms with Gasteiger partial charge >= 0.3 is 5.97 Å². The summed E-state index contributed by atoms with van der Waals surface area (Å²) in [5, 5.41) is 2.13. The molecule has 1 rings (SSSR count). The first-order valence-electron chi connectivity index (χ1n) is 3.70. The van der Waals surface area contributed by atoms with Gasteiger partial charge in [-0.2, -0.15) is 0 Å². The Balaban J connectivity index is 2.11. The van der Waals surface area contributed by atoms with E-state index >= 15 is 0 Å². The molecule has 1 unspecified atom stereocenters. The monoisotopic (exact) mass is 203 g/mol. The molecule has 0 aromatic carbocycles. The smallest absolute Gasteiger partial charge is 0.303 e. The van der Waals surface area contributed by atoms with Crippen LogP contribution < -0.4 is 5.32 Å². The Kier molecular flexibility index (Phi) is 3.30. The molecule has 1 amide bonds. The third-order valence-corrected chi connectivity index (χ3v) is 2.31. The van der Waals surface area contributed by atoms with E-state index in [1.807, 2.05) is 0 Å². The Labute approximate surface area is 79.2 Å². The first-order valence-corrected chi connectivity index (χ1v) is 4.58. The predicted octanol–water partition coefficient (Wildman–Crippen LogP) is -0.345. The maximum atomic E-state index is 11.0. The van der Waals surface area contributed by atoms with E-state index in [0.29, 0.717) is 6.42 Å².